The van der Waals surface area contributed by atoms with E-state index in [9.17, 15) is 9.36 Å². The summed E-state index contributed by atoms with van der Waals surface area (Å²) < 4.78 is 22.0. The highest BCUT2D eigenvalue weighted by Gasteiger charge is 2.32. The van der Waals surface area contributed by atoms with Gasteiger partial charge in [-0.05, 0) is 34.3 Å². The molecule has 0 atom stereocenters. The molecule has 24 heavy (non-hydrogen) atoms. The van der Waals surface area contributed by atoms with Gasteiger partial charge in [0.2, 0.25) is 0 Å². The van der Waals surface area contributed by atoms with Crippen molar-refractivity contribution < 1.29 is 13.9 Å². The fourth-order valence-corrected chi connectivity index (χ4v) is 3.76. The van der Waals surface area contributed by atoms with Gasteiger partial charge in [-0.3, -0.25) is 4.79 Å². The molecule has 0 aliphatic carbocycles. The van der Waals surface area contributed by atoms with Crippen LogP contribution in [0, 0.1) is 0 Å². The molecule has 2 rings (SSSR count). The van der Waals surface area contributed by atoms with E-state index in [1.54, 1.807) is 55.7 Å². The first-order valence-corrected chi connectivity index (χ1v) is 9.19. The van der Waals surface area contributed by atoms with Crippen LogP contribution in [0.25, 0.3) is 0 Å². The summed E-state index contributed by atoms with van der Waals surface area (Å²) in [6, 6.07) is 16.3. The van der Waals surface area contributed by atoms with Gasteiger partial charge in [-0.1, -0.05) is 48.5 Å². The summed E-state index contributed by atoms with van der Waals surface area (Å²) >= 11 is 0. The molecule has 2 aromatic carbocycles. The van der Waals surface area contributed by atoms with Crippen LogP contribution in [0.3, 0.4) is 0 Å². The third-order valence-electron chi connectivity index (χ3n) is 3.65. The van der Waals surface area contributed by atoms with Gasteiger partial charge in [0, 0.05) is 17.5 Å². The van der Waals surface area contributed by atoms with E-state index in [-0.39, 0.29) is 12.2 Å². The van der Waals surface area contributed by atoms with E-state index >= 15 is 0 Å². The van der Waals surface area contributed by atoms with E-state index in [0.29, 0.717) is 11.3 Å². The minimum atomic E-state index is -3.17. The molecular weight excluding hydrogens is 323 g/mol. The Morgan fingerprint density at radius 1 is 0.917 bits per heavy atom. The van der Waals surface area contributed by atoms with Crippen LogP contribution in [-0.2, 0) is 11.0 Å². The van der Waals surface area contributed by atoms with Crippen molar-refractivity contribution in [1.82, 2.24) is 9.34 Å². The normalized spacial score (nSPS) is 11.8. The third-order valence-corrected chi connectivity index (χ3v) is 6.10. The number of hydrogen-bond donors (Lipinski definition) is 0. The summed E-state index contributed by atoms with van der Waals surface area (Å²) in [6.45, 7) is 0. The van der Waals surface area contributed by atoms with E-state index in [1.807, 2.05) is 36.4 Å². The zero-order valence-corrected chi connectivity index (χ0v) is 15.4. The van der Waals surface area contributed by atoms with E-state index in [0.717, 1.165) is 5.56 Å². The number of Topliss-reactive ketones (excluding diaryl/α,β-unsaturated/α-hetero) is 1. The Balaban J connectivity index is 2.28. The van der Waals surface area contributed by atoms with Crippen LogP contribution in [0.4, 0.5) is 0 Å². The van der Waals surface area contributed by atoms with Crippen molar-refractivity contribution in [3.63, 3.8) is 0 Å². The van der Waals surface area contributed by atoms with Crippen LogP contribution in [0.1, 0.15) is 15.9 Å². The van der Waals surface area contributed by atoms with E-state index in [1.165, 1.54) is 0 Å². The van der Waals surface area contributed by atoms with Gasteiger partial charge in [-0.15, -0.1) is 0 Å². The lowest BCUT2D eigenvalue weighted by Gasteiger charge is -2.30. The number of ketones is 1. The first-order valence-electron chi connectivity index (χ1n) is 7.66. The molecule has 0 amide bonds. The predicted molar refractivity (Wildman–Crippen MR) is 96.5 cm³/mol. The molecule has 6 heteroatoms. The standard InChI is InChI=1S/C18H23N2O3P/c1-19(2)24(22,20(3)4)23-18-13-9-8-12-16(18)14-17(21)15-10-6-5-7-11-15/h5-13H,14H2,1-4H3. The highest BCUT2D eigenvalue weighted by Crippen LogP contribution is 2.51. The predicted octanol–water partition coefficient (Wildman–Crippen LogP) is 3.72. The molecule has 0 radical (unpaired) electrons. The Morgan fingerprint density at radius 2 is 1.46 bits per heavy atom. The van der Waals surface area contributed by atoms with Crippen LogP contribution >= 0.6 is 7.67 Å². The molecule has 5 nitrogen and oxygen atoms in total. The lowest BCUT2D eigenvalue weighted by atomic mass is 10.0. The Kier molecular flexibility index (Phi) is 5.94. The largest absolute Gasteiger partial charge is 0.422 e. The number of para-hydroxylation sites is 1. The molecule has 128 valence electrons. The first kappa shape index (κ1) is 18.4. The molecule has 0 bridgehead atoms. The molecule has 0 N–H and O–H groups in total. The highest BCUT2D eigenvalue weighted by atomic mass is 31.2. The topological polar surface area (TPSA) is 49.9 Å². The second-order valence-corrected chi connectivity index (χ2v) is 8.61. The number of nitrogens with zero attached hydrogens (tertiary/aromatic N) is 2. The summed E-state index contributed by atoms with van der Waals surface area (Å²) in [5.41, 5.74) is 1.37. The van der Waals surface area contributed by atoms with Crippen molar-refractivity contribution in [3.8, 4) is 5.75 Å². The average molecular weight is 346 g/mol. The molecule has 0 fully saturated rings. The number of hydrogen-bond acceptors (Lipinski definition) is 3. The monoisotopic (exact) mass is 346 g/mol. The molecule has 0 aromatic heterocycles. The van der Waals surface area contributed by atoms with Crippen molar-refractivity contribution in [1.29, 1.82) is 0 Å². The van der Waals surface area contributed by atoms with Gasteiger partial charge >= 0.3 is 7.67 Å². The van der Waals surface area contributed by atoms with Crippen molar-refractivity contribution in [2.75, 3.05) is 28.2 Å². The summed E-state index contributed by atoms with van der Waals surface area (Å²) in [7, 11) is 3.66. The summed E-state index contributed by atoms with van der Waals surface area (Å²) in [5.74, 6) is 0.462. The number of benzene rings is 2. The van der Waals surface area contributed by atoms with Gasteiger partial charge in [0.1, 0.15) is 5.75 Å². The Morgan fingerprint density at radius 3 is 2.04 bits per heavy atom. The molecule has 0 saturated heterocycles. The van der Waals surface area contributed by atoms with Gasteiger partial charge in [0.15, 0.2) is 5.78 Å². The van der Waals surface area contributed by atoms with E-state index < -0.39 is 7.67 Å². The quantitative estimate of drug-likeness (QED) is 0.565. The molecular formula is C18H23N2O3P. The SMILES string of the molecule is CN(C)P(=O)(Oc1ccccc1CC(=O)c1ccccc1)N(C)C. The molecule has 0 unspecified atom stereocenters. The maximum atomic E-state index is 13.0. The molecule has 0 spiro atoms. The van der Waals surface area contributed by atoms with Gasteiger partial charge in [-0.2, -0.15) is 0 Å². The second kappa shape index (κ2) is 7.75. The second-order valence-electron chi connectivity index (χ2n) is 5.85. The number of carbonyl (C=O) groups excluding carboxylic acids is 1. The van der Waals surface area contributed by atoms with Crippen LogP contribution in [0.15, 0.2) is 54.6 Å². The van der Waals surface area contributed by atoms with Crippen LogP contribution in [0.5, 0.6) is 5.75 Å². The van der Waals surface area contributed by atoms with Crippen LogP contribution < -0.4 is 4.52 Å². The summed E-state index contributed by atoms with van der Waals surface area (Å²) in [5, 5.41) is 0. The minimum absolute atomic E-state index is 0.00353. The molecule has 0 saturated carbocycles. The minimum Gasteiger partial charge on any atom is -0.422 e. The average Bonchev–Trinajstić information content (AvgIpc) is 2.57. The fourth-order valence-electron chi connectivity index (χ4n) is 2.29. The van der Waals surface area contributed by atoms with Crippen molar-refractivity contribution in [2.45, 2.75) is 6.42 Å². The first-order chi connectivity index (χ1) is 11.3. The lowest BCUT2D eigenvalue weighted by Crippen LogP contribution is -2.24. The number of rotatable bonds is 7. The van der Waals surface area contributed by atoms with Crippen molar-refractivity contribution >= 4 is 13.5 Å². The van der Waals surface area contributed by atoms with E-state index in [4.69, 9.17) is 4.52 Å². The van der Waals surface area contributed by atoms with Gasteiger partial charge in [0.25, 0.3) is 0 Å². The number of carbonyl (C=O) groups is 1. The lowest BCUT2D eigenvalue weighted by molar-refractivity contribution is 0.0992. The maximum absolute atomic E-state index is 13.0. The van der Waals surface area contributed by atoms with Gasteiger partial charge in [0.05, 0.1) is 0 Å². The highest BCUT2D eigenvalue weighted by molar-refractivity contribution is 7.54. The van der Waals surface area contributed by atoms with Crippen LogP contribution in [0.2, 0.25) is 0 Å². The third kappa shape index (κ3) is 4.12. The smallest absolute Gasteiger partial charge is 0.394 e. The summed E-state index contributed by atoms with van der Waals surface area (Å²) in [4.78, 5) is 12.5. The van der Waals surface area contributed by atoms with Gasteiger partial charge < -0.3 is 4.52 Å². The van der Waals surface area contributed by atoms with Crippen molar-refractivity contribution in [3.05, 3.63) is 65.7 Å². The summed E-state index contributed by atoms with van der Waals surface area (Å²) in [6.07, 6.45) is 0.195. The Bertz CT molecular complexity index is 733. The fraction of sp³-hybridized carbons (Fsp3) is 0.278. The molecule has 0 aliphatic rings. The Labute approximate surface area is 143 Å². The van der Waals surface area contributed by atoms with Crippen LogP contribution in [-0.4, -0.2) is 43.3 Å². The van der Waals surface area contributed by atoms with E-state index in [2.05, 4.69) is 0 Å². The zero-order chi connectivity index (χ0) is 17.7. The molecule has 2 aromatic rings. The maximum Gasteiger partial charge on any atom is 0.394 e. The molecule has 0 aliphatic heterocycles. The zero-order valence-electron chi connectivity index (χ0n) is 14.5. The van der Waals surface area contributed by atoms with Gasteiger partial charge in [-0.25, -0.2) is 13.9 Å². The molecule has 0 heterocycles. The Hall–Kier alpha value is -1.94. The van der Waals surface area contributed by atoms with Crippen molar-refractivity contribution in [2.24, 2.45) is 0 Å².